The summed E-state index contributed by atoms with van der Waals surface area (Å²) in [5.74, 6) is -0.663. The zero-order valence-electron chi connectivity index (χ0n) is 7.84. The van der Waals surface area contributed by atoms with E-state index in [1.165, 1.54) is 23.5 Å². The van der Waals surface area contributed by atoms with E-state index in [2.05, 4.69) is 15.9 Å². The summed E-state index contributed by atoms with van der Waals surface area (Å²) in [6, 6.07) is 3.75. The van der Waals surface area contributed by atoms with Crippen LogP contribution in [0.5, 0.6) is 0 Å². The van der Waals surface area contributed by atoms with Crippen molar-refractivity contribution in [2.24, 2.45) is 0 Å². The first kappa shape index (κ1) is 11.8. The van der Waals surface area contributed by atoms with Crippen LogP contribution in [0.4, 0.5) is 4.39 Å². The Hall–Kier alpha value is -0.710. The van der Waals surface area contributed by atoms with Crippen LogP contribution >= 0.6 is 38.9 Å². The van der Waals surface area contributed by atoms with Crippen molar-refractivity contribution in [3.05, 3.63) is 55.4 Å². The molecule has 0 fully saturated rings. The Balaban J connectivity index is 2.46. The van der Waals surface area contributed by atoms with E-state index in [9.17, 15) is 9.18 Å². The van der Waals surface area contributed by atoms with Crippen molar-refractivity contribution in [1.29, 1.82) is 0 Å². The quantitative estimate of drug-likeness (QED) is 0.743. The summed E-state index contributed by atoms with van der Waals surface area (Å²) in [5, 5.41) is 3.67. The van der Waals surface area contributed by atoms with Crippen molar-refractivity contribution >= 4 is 44.7 Å². The molecule has 0 radical (unpaired) electrons. The molecule has 0 aliphatic heterocycles. The summed E-state index contributed by atoms with van der Waals surface area (Å²) in [5.41, 5.74) is 0.848. The lowest BCUT2D eigenvalue weighted by atomic mass is 10.1. The number of rotatable bonds is 2. The Morgan fingerprint density at radius 3 is 2.62 bits per heavy atom. The highest BCUT2D eigenvalue weighted by atomic mass is 79.9. The molecule has 0 amide bonds. The first-order valence-electron chi connectivity index (χ1n) is 4.31. The van der Waals surface area contributed by atoms with E-state index in [0.29, 0.717) is 11.1 Å². The molecule has 2 rings (SSSR count). The number of hydrogen-bond acceptors (Lipinski definition) is 2. The van der Waals surface area contributed by atoms with Crippen LogP contribution in [0.15, 0.2) is 33.4 Å². The fraction of sp³-hybridized carbons (Fsp3) is 0. The second-order valence-electron chi connectivity index (χ2n) is 3.09. The molecule has 0 saturated heterocycles. The third-order valence-electron chi connectivity index (χ3n) is 2.04. The molecule has 1 nitrogen and oxygen atoms in total. The Labute approximate surface area is 109 Å². The maximum atomic E-state index is 12.8. The zero-order chi connectivity index (χ0) is 11.7. The second-order valence-corrected chi connectivity index (χ2v) is 5.09. The summed E-state index contributed by atoms with van der Waals surface area (Å²) >= 11 is 10.5. The minimum Gasteiger partial charge on any atom is -0.288 e. The summed E-state index contributed by atoms with van der Waals surface area (Å²) in [4.78, 5) is 12.0. The standard InChI is InChI=1S/C11H5BrClFOS/c12-9-5-16-4-8(9)11(15)7-2-1-6(14)3-10(7)13/h1-5H. The SMILES string of the molecule is O=C(c1ccc(F)cc1Cl)c1cscc1Br. The Morgan fingerprint density at radius 2 is 2.06 bits per heavy atom. The number of ketones is 1. The normalized spacial score (nSPS) is 10.4. The number of carbonyl (C=O) groups is 1. The van der Waals surface area contributed by atoms with Gasteiger partial charge in [-0.1, -0.05) is 11.6 Å². The van der Waals surface area contributed by atoms with Gasteiger partial charge in [0.1, 0.15) is 5.82 Å². The van der Waals surface area contributed by atoms with Gasteiger partial charge in [-0.2, -0.15) is 11.3 Å². The maximum Gasteiger partial charge on any atom is 0.196 e. The monoisotopic (exact) mass is 318 g/mol. The molecule has 0 N–H and O–H groups in total. The predicted octanol–water partition coefficient (Wildman–Crippen LogP) is 4.53. The molecule has 0 bridgehead atoms. The third kappa shape index (κ3) is 2.19. The molecule has 16 heavy (non-hydrogen) atoms. The fourth-order valence-corrected chi connectivity index (χ4v) is 2.97. The van der Waals surface area contributed by atoms with Gasteiger partial charge in [0.05, 0.1) is 5.02 Å². The van der Waals surface area contributed by atoms with E-state index in [1.807, 2.05) is 5.38 Å². The highest BCUT2D eigenvalue weighted by Crippen LogP contribution is 2.27. The fourth-order valence-electron chi connectivity index (χ4n) is 1.26. The number of hydrogen-bond donors (Lipinski definition) is 0. The summed E-state index contributed by atoms with van der Waals surface area (Å²) in [6.07, 6.45) is 0. The molecule has 5 heteroatoms. The summed E-state index contributed by atoms with van der Waals surface area (Å²) in [7, 11) is 0. The minimum absolute atomic E-state index is 0.128. The van der Waals surface area contributed by atoms with Gasteiger partial charge in [-0.15, -0.1) is 0 Å². The van der Waals surface area contributed by atoms with Crippen LogP contribution in [0.1, 0.15) is 15.9 Å². The number of benzene rings is 1. The van der Waals surface area contributed by atoms with E-state index in [0.717, 1.165) is 10.5 Å². The predicted molar refractivity (Wildman–Crippen MR) is 66.9 cm³/mol. The Bertz CT molecular complexity index is 553. The highest BCUT2D eigenvalue weighted by molar-refractivity contribution is 9.10. The molecule has 0 aliphatic carbocycles. The van der Waals surface area contributed by atoms with Gasteiger partial charge < -0.3 is 0 Å². The molecule has 1 aromatic heterocycles. The molecule has 0 spiro atoms. The smallest absolute Gasteiger partial charge is 0.196 e. The molecule has 1 aromatic carbocycles. The molecule has 0 saturated carbocycles. The van der Waals surface area contributed by atoms with Crippen molar-refractivity contribution < 1.29 is 9.18 Å². The van der Waals surface area contributed by atoms with Crippen LogP contribution in [0.2, 0.25) is 5.02 Å². The number of carbonyl (C=O) groups excluding carboxylic acids is 1. The van der Waals surface area contributed by atoms with E-state index < -0.39 is 5.82 Å². The van der Waals surface area contributed by atoms with E-state index >= 15 is 0 Å². The lowest BCUT2D eigenvalue weighted by Crippen LogP contribution is -2.01. The summed E-state index contributed by atoms with van der Waals surface area (Å²) in [6.45, 7) is 0. The van der Waals surface area contributed by atoms with Gasteiger partial charge in [0.25, 0.3) is 0 Å². The van der Waals surface area contributed by atoms with Crippen LogP contribution < -0.4 is 0 Å². The molecular weight excluding hydrogens is 315 g/mol. The second kappa shape index (κ2) is 4.65. The van der Waals surface area contributed by atoms with Gasteiger partial charge in [-0.25, -0.2) is 4.39 Å². The van der Waals surface area contributed by atoms with Gasteiger partial charge in [0.15, 0.2) is 5.78 Å². The van der Waals surface area contributed by atoms with E-state index in [4.69, 9.17) is 11.6 Å². The average molecular weight is 320 g/mol. The molecule has 1 heterocycles. The molecule has 82 valence electrons. The molecule has 2 aromatic rings. The lowest BCUT2D eigenvalue weighted by Gasteiger charge is -2.02. The summed E-state index contributed by atoms with van der Waals surface area (Å²) < 4.78 is 13.6. The van der Waals surface area contributed by atoms with E-state index in [-0.39, 0.29) is 10.8 Å². The Morgan fingerprint density at radius 1 is 1.31 bits per heavy atom. The zero-order valence-corrected chi connectivity index (χ0v) is 11.0. The van der Waals surface area contributed by atoms with E-state index in [1.54, 1.807) is 5.38 Å². The van der Waals surface area contributed by atoms with Crippen molar-refractivity contribution in [2.75, 3.05) is 0 Å². The minimum atomic E-state index is -0.453. The van der Waals surface area contributed by atoms with Crippen molar-refractivity contribution in [3.8, 4) is 0 Å². The first-order valence-corrected chi connectivity index (χ1v) is 6.42. The molecule has 0 unspecified atom stereocenters. The number of halogens is 3. The topological polar surface area (TPSA) is 17.1 Å². The molecule has 0 aliphatic rings. The van der Waals surface area contributed by atoms with Crippen LogP contribution in [-0.4, -0.2) is 5.78 Å². The lowest BCUT2D eigenvalue weighted by molar-refractivity contribution is 0.103. The number of thiophene rings is 1. The third-order valence-corrected chi connectivity index (χ3v) is 4.05. The van der Waals surface area contributed by atoms with Crippen LogP contribution in [0.25, 0.3) is 0 Å². The molecule has 0 atom stereocenters. The van der Waals surface area contributed by atoms with Gasteiger partial charge in [0.2, 0.25) is 0 Å². The van der Waals surface area contributed by atoms with Gasteiger partial charge >= 0.3 is 0 Å². The molecular formula is C11H5BrClFOS. The van der Waals surface area contributed by atoms with Gasteiger partial charge in [0, 0.05) is 26.4 Å². The maximum absolute atomic E-state index is 12.8. The van der Waals surface area contributed by atoms with Crippen LogP contribution in [-0.2, 0) is 0 Å². The average Bonchev–Trinajstić information content (AvgIpc) is 2.63. The van der Waals surface area contributed by atoms with Crippen molar-refractivity contribution in [2.45, 2.75) is 0 Å². The Kier molecular flexibility index (Phi) is 3.42. The highest BCUT2D eigenvalue weighted by Gasteiger charge is 2.16. The van der Waals surface area contributed by atoms with Gasteiger partial charge in [-0.3, -0.25) is 4.79 Å². The van der Waals surface area contributed by atoms with Crippen molar-refractivity contribution in [3.63, 3.8) is 0 Å². The first-order chi connectivity index (χ1) is 7.59. The van der Waals surface area contributed by atoms with Crippen molar-refractivity contribution in [1.82, 2.24) is 0 Å². The van der Waals surface area contributed by atoms with Gasteiger partial charge in [-0.05, 0) is 34.1 Å². The van der Waals surface area contributed by atoms with Crippen LogP contribution in [0, 0.1) is 5.82 Å². The van der Waals surface area contributed by atoms with Crippen LogP contribution in [0.3, 0.4) is 0 Å². The largest absolute Gasteiger partial charge is 0.288 e.